The quantitative estimate of drug-likeness (QED) is 0.815. The molecular weight excluding hydrogens is 214 g/mol. The lowest BCUT2D eigenvalue weighted by molar-refractivity contribution is 0.182. The predicted octanol–water partition coefficient (Wildman–Crippen LogP) is 2.59. The van der Waals surface area contributed by atoms with Crippen LogP contribution in [0.1, 0.15) is 19.8 Å². The zero-order valence-corrected chi connectivity index (χ0v) is 9.46. The molecule has 1 N–H and O–H groups in total. The lowest BCUT2D eigenvalue weighted by Gasteiger charge is -2.17. The highest BCUT2D eigenvalue weighted by molar-refractivity contribution is 5.36. The van der Waals surface area contributed by atoms with Crippen molar-refractivity contribution in [1.82, 2.24) is 4.98 Å². The summed E-state index contributed by atoms with van der Waals surface area (Å²) in [5.74, 6) is -1.30. The van der Waals surface area contributed by atoms with Gasteiger partial charge in [0.1, 0.15) is 5.82 Å². The van der Waals surface area contributed by atoms with Crippen LogP contribution in [0.5, 0.6) is 0 Å². The van der Waals surface area contributed by atoms with Crippen molar-refractivity contribution >= 4 is 5.82 Å². The zero-order chi connectivity index (χ0) is 12.0. The van der Waals surface area contributed by atoms with E-state index in [1.165, 1.54) is 0 Å². The lowest BCUT2D eigenvalue weighted by Crippen LogP contribution is -2.25. The van der Waals surface area contributed by atoms with Crippen LogP contribution in [0.3, 0.4) is 0 Å². The van der Waals surface area contributed by atoms with Gasteiger partial charge in [-0.05, 0) is 6.42 Å². The maximum Gasteiger partial charge on any atom is 0.168 e. The highest BCUT2D eigenvalue weighted by atomic mass is 19.1. The molecule has 0 aliphatic rings. The molecule has 3 nitrogen and oxygen atoms in total. The van der Waals surface area contributed by atoms with Crippen molar-refractivity contribution in [3.63, 3.8) is 0 Å². The van der Waals surface area contributed by atoms with Crippen LogP contribution in [0.25, 0.3) is 0 Å². The highest BCUT2D eigenvalue weighted by Crippen LogP contribution is 2.14. The molecule has 0 fully saturated rings. The third-order valence-electron chi connectivity index (χ3n) is 2.15. The van der Waals surface area contributed by atoms with Gasteiger partial charge in [-0.15, -0.1) is 0 Å². The summed E-state index contributed by atoms with van der Waals surface area (Å²) in [6, 6.07) is 0.799. The third-order valence-corrected chi connectivity index (χ3v) is 2.15. The first kappa shape index (κ1) is 12.8. The normalized spacial score (nSPS) is 12.5. The van der Waals surface area contributed by atoms with Crippen molar-refractivity contribution < 1.29 is 13.5 Å². The Morgan fingerprint density at radius 3 is 2.81 bits per heavy atom. The van der Waals surface area contributed by atoms with Crippen molar-refractivity contribution in [3.05, 3.63) is 23.9 Å². The molecule has 5 heteroatoms. The Kier molecular flexibility index (Phi) is 5.11. The Labute approximate surface area is 93.8 Å². The van der Waals surface area contributed by atoms with Gasteiger partial charge in [0.25, 0.3) is 0 Å². The molecule has 0 aromatic carbocycles. The molecule has 1 aromatic rings. The van der Waals surface area contributed by atoms with Gasteiger partial charge in [0.05, 0.1) is 18.8 Å². The van der Waals surface area contributed by atoms with Crippen LogP contribution in [-0.4, -0.2) is 24.7 Å². The maximum atomic E-state index is 13.3. The van der Waals surface area contributed by atoms with Crippen molar-refractivity contribution in [2.75, 3.05) is 19.0 Å². The van der Waals surface area contributed by atoms with Gasteiger partial charge in [0.2, 0.25) is 0 Å². The van der Waals surface area contributed by atoms with Crippen LogP contribution in [-0.2, 0) is 4.74 Å². The van der Waals surface area contributed by atoms with E-state index in [4.69, 9.17) is 4.74 Å². The first-order valence-corrected chi connectivity index (χ1v) is 5.23. The van der Waals surface area contributed by atoms with Gasteiger partial charge >= 0.3 is 0 Å². The third kappa shape index (κ3) is 3.73. The second kappa shape index (κ2) is 6.37. The Morgan fingerprint density at radius 1 is 1.50 bits per heavy atom. The first-order valence-electron chi connectivity index (χ1n) is 5.23. The number of nitrogens with zero attached hydrogens (tertiary/aromatic N) is 1. The van der Waals surface area contributed by atoms with E-state index in [-0.39, 0.29) is 11.9 Å². The smallest absolute Gasteiger partial charge is 0.168 e. The van der Waals surface area contributed by atoms with Gasteiger partial charge in [-0.25, -0.2) is 13.8 Å². The van der Waals surface area contributed by atoms with E-state index in [2.05, 4.69) is 10.3 Å². The Morgan fingerprint density at radius 2 is 2.25 bits per heavy atom. The van der Waals surface area contributed by atoms with Crippen LogP contribution in [0.2, 0.25) is 0 Å². The van der Waals surface area contributed by atoms with Crippen LogP contribution in [0.15, 0.2) is 12.3 Å². The summed E-state index contributed by atoms with van der Waals surface area (Å²) in [6.07, 6.45) is 2.78. The summed E-state index contributed by atoms with van der Waals surface area (Å²) in [4.78, 5) is 3.67. The number of halogens is 2. The molecule has 1 heterocycles. The van der Waals surface area contributed by atoms with Gasteiger partial charge in [0.15, 0.2) is 11.6 Å². The minimum absolute atomic E-state index is 0.0116. The molecule has 0 aliphatic carbocycles. The standard InChI is InChI=1S/C11H16F2N2O/c1-3-4-9(7-16-2)15-11-10(13)5-8(12)6-14-11/h5-6,9H,3-4,7H2,1-2H3,(H,14,15). The summed E-state index contributed by atoms with van der Waals surface area (Å²) in [6.45, 7) is 2.49. The van der Waals surface area contributed by atoms with E-state index in [1.807, 2.05) is 6.92 Å². The van der Waals surface area contributed by atoms with Gasteiger partial charge < -0.3 is 10.1 Å². The summed E-state index contributed by atoms with van der Waals surface area (Å²) >= 11 is 0. The zero-order valence-electron chi connectivity index (χ0n) is 9.46. The number of hydrogen-bond donors (Lipinski definition) is 1. The Bertz CT molecular complexity index is 328. The molecule has 0 amide bonds. The molecular formula is C11H16F2N2O. The van der Waals surface area contributed by atoms with Gasteiger partial charge in [-0.2, -0.15) is 0 Å². The number of nitrogens with one attached hydrogen (secondary N) is 1. The van der Waals surface area contributed by atoms with E-state index in [0.717, 1.165) is 25.1 Å². The van der Waals surface area contributed by atoms with Crippen LogP contribution < -0.4 is 5.32 Å². The van der Waals surface area contributed by atoms with Crippen molar-refractivity contribution in [1.29, 1.82) is 0 Å². The average molecular weight is 230 g/mol. The average Bonchev–Trinajstić information content (AvgIpc) is 2.23. The summed E-state index contributed by atoms with van der Waals surface area (Å²) in [5, 5.41) is 2.90. The lowest BCUT2D eigenvalue weighted by atomic mass is 10.2. The second-order valence-electron chi connectivity index (χ2n) is 3.57. The molecule has 1 atom stereocenters. The van der Waals surface area contributed by atoms with Gasteiger partial charge in [-0.3, -0.25) is 0 Å². The second-order valence-corrected chi connectivity index (χ2v) is 3.57. The van der Waals surface area contributed by atoms with E-state index in [1.54, 1.807) is 7.11 Å². The number of methoxy groups -OCH3 is 1. The van der Waals surface area contributed by atoms with Gasteiger partial charge in [-0.1, -0.05) is 13.3 Å². The summed E-state index contributed by atoms with van der Waals surface area (Å²) in [7, 11) is 1.58. The van der Waals surface area contributed by atoms with Crippen LogP contribution >= 0.6 is 0 Å². The number of aromatic nitrogens is 1. The topological polar surface area (TPSA) is 34.1 Å². The fraction of sp³-hybridized carbons (Fsp3) is 0.545. The fourth-order valence-electron chi connectivity index (χ4n) is 1.46. The summed E-state index contributed by atoms with van der Waals surface area (Å²) < 4.78 is 30.9. The fourth-order valence-corrected chi connectivity index (χ4v) is 1.46. The van der Waals surface area contributed by atoms with Crippen molar-refractivity contribution in [2.45, 2.75) is 25.8 Å². The molecule has 1 aromatic heterocycles. The molecule has 0 saturated heterocycles. The van der Waals surface area contributed by atoms with Crippen LogP contribution in [0.4, 0.5) is 14.6 Å². The largest absolute Gasteiger partial charge is 0.383 e. The van der Waals surface area contributed by atoms with E-state index in [9.17, 15) is 8.78 Å². The molecule has 0 aliphatic heterocycles. The van der Waals surface area contributed by atoms with E-state index < -0.39 is 11.6 Å². The van der Waals surface area contributed by atoms with Crippen molar-refractivity contribution in [2.24, 2.45) is 0 Å². The number of rotatable bonds is 6. The maximum absolute atomic E-state index is 13.3. The van der Waals surface area contributed by atoms with Crippen molar-refractivity contribution in [3.8, 4) is 0 Å². The molecule has 0 spiro atoms. The van der Waals surface area contributed by atoms with E-state index >= 15 is 0 Å². The van der Waals surface area contributed by atoms with Crippen LogP contribution in [0, 0.1) is 11.6 Å². The Balaban J connectivity index is 2.68. The minimum atomic E-state index is -0.683. The first-order chi connectivity index (χ1) is 7.67. The summed E-state index contributed by atoms with van der Waals surface area (Å²) in [5.41, 5.74) is 0. The monoisotopic (exact) mass is 230 g/mol. The number of hydrogen-bond acceptors (Lipinski definition) is 3. The molecule has 0 radical (unpaired) electrons. The minimum Gasteiger partial charge on any atom is -0.383 e. The number of ether oxygens (including phenoxy) is 1. The Hall–Kier alpha value is -1.23. The molecule has 1 unspecified atom stereocenters. The number of pyridine rings is 1. The molecule has 90 valence electrons. The van der Waals surface area contributed by atoms with Gasteiger partial charge in [0, 0.05) is 13.2 Å². The predicted molar refractivity (Wildman–Crippen MR) is 58.3 cm³/mol. The van der Waals surface area contributed by atoms with E-state index in [0.29, 0.717) is 6.61 Å². The SMILES string of the molecule is CCCC(COC)Nc1ncc(F)cc1F. The highest BCUT2D eigenvalue weighted by Gasteiger charge is 2.11. The molecule has 16 heavy (non-hydrogen) atoms. The molecule has 0 bridgehead atoms. The number of anilines is 1. The molecule has 1 rings (SSSR count). The molecule has 0 saturated carbocycles.